The molecule has 0 amide bonds. The van der Waals surface area contributed by atoms with Crippen molar-refractivity contribution >= 4 is 5.97 Å². The molecule has 0 aromatic heterocycles. The van der Waals surface area contributed by atoms with Gasteiger partial charge in [-0.1, -0.05) is 6.92 Å². The normalized spacial score (nSPS) is 11.8. The predicted molar refractivity (Wildman–Crippen MR) is 175 cm³/mol. The van der Waals surface area contributed by atoms with Crippen LogP contribution in [-0.4, -0.2) is 132 Å². The Balaban J connectivity index is 3.10. The number of hydrogen-bond acceptors (Lipinski definition) is 11. The zero-order valence-corrected chi connectivity index (χ0v) is 29.3. The van der Waals surface area contributed by atoms with Crippen molar-refractivity contribution in [2.45, 2.75) is 85.0 Å². The maximum Gasteiger partial charge on any atom is 0.311 e. The van der Waals surface area contributed by atoms with Crippen LogP contribution in [0.4, 0.5) is 0 Å². The number of ether oxygens (including phenoxy) is 10. The van der Waals surface area contributed by atoms with Crippen molar-refractivity contribution in [3.05, 3.63) is 0 Å². The first-order valence-corrected chi connectivity index (χ1v) is 17.3. The molecule has 0 saturated carbocycles. The maximum absolute atomic E-state index is 11.9. The molecule has 11 heteroatoms. The average Bonchev–Trinajstić information content (AvgIpc) is 3.04. The lowest BCUT2D eigenvalue weighted by atomic mass is 9.91. The van der Waals surface area contributed by atoms with Gasteiger partial charge in [0.25, 0.3) is 0 Å². The van der Waals surface area contributed by atoms with E-state index in [-0.39, 0.29) is 5.97 Å². The van der Waals surface area contributed by atoms with Gasteiger partial charge in [0.05, 0.1) is 12.0 Å². The van der Waals surface area contributed by atoms with Gasteiger partial charge in [0.15, 0.2) is 0 Å². The Hall–Kier alpha value is -0.890. The molecule has 0 radical (unpaired) electrons. The SMILES string of the molecule is CCC(C)(C)C(=O)OCCCOCCCOCCCOCCCOCCCOCCCOCCCOCCCOCCCOC. The molecule has 0 atom stereocenters. The number of methoxy groups -OCH3 is 1. The average molecular weight is 653 g/mol. The van der Waals surface area contributed by atoms with Crippen LogP contribution < -0.4 is 0 Å². The fraction of sp³-hybridized carbons (Fsp3) is 0.971. The largest absolute Gasteiger partial charge is 0.465 e. The lowest BCUT2D eigenvalue weighted by molar-refractivity contribution is -0.154. The predicted octanol–water partition coefficient (Wildman–Crippen LogP) is 5.26. The summed E-state index contributed by atoms with van der Waals surface area (Å²) in [5.41, 5.74) is -0.412. The minimum absolute atomic E-state index is 0.140. The molecule has 45 heavy (non-hydrogen) atoms. The molecular formula is C34H68O11. The van der Waals surface area contributed by atoms with Crippen molar-refractivity contribution in [1.82, 2.24) is 0 Å². The van der Waals surface area contributed by atoms with Crippen LogP contribution in [0.15, 0.2) is 0 Å². The Labute approximate surface area is 274 Å². The zero-order chi connectivity index (χ0) is 32.9. The summed E-state index contributed by atoms with van der Waals surface area (Å²) in [6, 6.07) is 0. The van der Waals surface area contributed by atoms with Crippen molar-refractivity contribution in [3.63, 3.8) is 0 Å². The Morgan fingerprint density at radius 3 is 0.844 bits per heavy atom. The van der Waals surface area contributed by atoms with Gasteiger partial charge in [-0.15, -0.1) is 0 Å². The summed E-state index contributed by atoms with van der Waals surface area (Å²) in [5, 5.41) is 0. The van der Waals surface area contributed by atoms with Crippen molar-refractivity contribution in [2.24, 2.45) is 5.41 Å². The fourth-order valence-electron chi connectivity index (χ4n) is 3.63. The molecular weight excluding hydrogens is 584 g/mol. The highest BCUT2D eigenvalue weighted by Gasteiger charge is 2.26. The number of hydrogen-bond donors (Lipinski definition) is 0. The third-order valence-electron chi connectivity index (χ3n) is 6.78. The molecule has 0 aromatic rings. The van der Waals surface area contributed by atoms with E-state index >= 15 is 0 Å². The third-order valence-corrected chi connectivity index (χ3v) is 6.78. The Morgan fingerprint density at radius 1 is 0.400 bits per heavy atom. The minimum Gasteiger partial charge on any atom is -0.465 e. The highest BCUT2D eigenvalue weighted by molar-refractivity contribution is 5.75. The van der Waals surface area contributed by atoms with E-state index in [4.69, 9.17) is 47.4 Å². The molecule has 0 heterocycles. The summed E-state index contributed by atoms with van der Waals surface area (Å²) in [5.74, 6) is -0.140. The molecule has 0 spiro atoms. The molecule has 0 saturated heterocycles. The molecule has 0 aliphatic carbocycles. The number of carbonyl (C=O) groups is 1. The topological polar surface area (TPSA) is 109 Å². The second-order valence-corrected chi connectivity index (χ2v) is 11.4. The molecule has 11 nitrogen and oxygen atoms in total. The minimum atomic E-state index is -0.412. The van der Waals surface area contributed by atoms with E-state index in [0.29, 0.717) is 85.7 Å². The van der Waals surface area contributed by atoms with E-state index < -0.39 is 5.41 Å². The highest BCUT2D eigenvalue weighted by Crippen LogP contribution is 2.21. The summed E-state index contributed by atoms with van der Waals surface area (Å²) in [6.07, 6.45) is 8.67. The number of esters is 1. The van der Waals surface area contributed by atoms with Crippen LogP contribution in [0.25, 0.3) is 0 Å². The lowest BCUT2D eigenvalue weighted by Gasteiger charge is -2.20. The summed E-state index contributed by atoms with van der Waals surface area (Å²) in [6.45, 7) is 18.2. The third kappa shape index (κ3) is 34.3. The number of carbonyl (C=O) groups excluding carboxylic acids is 1. The molecule has 270 valence electrons. The fourth-order valence-corrected chi connectivity index (χ4v) is 3.63. The monoisotopic (exact) mass is 652 g/mol. The van der Waals surface area contributed by atoms with E-state index in [1.54, 1.807) is 7.11 Å². The highest BCUT2D eigenvalue weighted by atomic mass is 16.5. The smallest absolute Gasteiger partial charge is 0.311 e. The van der Waals surface area contributed by atoms with Gasteiger partial charge in [-0.05, 0) is 71.6 Å². The van der Waals surface area contributed by atoms with E-state index in [0.717, 1.165) is 97.4 Å². The van der Waals surface area contributed by atoms with Crippen LogP contribution in [0.5, 0.6) is 0 Å². The maximum atomic E-state index is 11.9. The molecule has 0 unspecified atom stereocenters. The van der Waals surface area contributed by atoms with E-state index in [2.05, 4.69) is 0 Å². The van der Waals surface area contributed by atoms with Crippen LogP contribution in [0, 0.1) is 5.41 Å². The first kappa shape index (κ1) is 44.1. The van der Waals surface area contributed by atoms with Gasteiger partial charge in [0.1, 0.15) is 0 Å². The first-order chi connectivity index (χ1) is 22.0. The molecule has 0 aromatic carbocycles. The van der Waals surface area contributed by atoms with E-state index in [1.807, 2.05) is 20.8 Å². The van der Waals surface area contributed by atoms with Gasteiger partial charge >= 0.3 is 5.97 Å². The van der Waals surface area contributed by atoms with E-state index in [1.165, 1.54) is 0 Å². The molecule has 0 fully saturated rings. The molecule has 0 rings (SSSR count). The van der Waals surface area contributed by atoms with E-state index in [9.17, 15) is 4.79 Å². The second kappa shape index (κ2) is 36.0. The molecule has 0 bridgehead atoms. The first-order valence-electron chi connectivity index (χ1n) is 17.3. The number of rotatable bonds is 38. The van der Waals surface area contributed by atoms with Crippen molar-refractivity contribution in [3.8, 4) is 0 Å². The summed E-state index contributed by atoms with van der Waals surface area (Å²) < 4.78 is 55.1. The van der Waals surface area contributed by atoms with Crippen molar-refractivity contribution in [2.75, 3.05) is 126 Å². The summed E-state index contributed by atoms with van der Waals surface area (Å²) in [7, 11) is 1.70. The summed E-state index contributed by atoms with van der Waals surface area (Å²) in [4.78, 5) is 11.9. The van der Waals surface area contributed by atoms with Gasteiger partial charge in [-0.25, -0.2) is 0 Å². The van der Waals surface area contributed by atoms with Gasteiger partial charge in [0, 0.05) is 126 Å². The van der Waals surface area contributed by atoms with Gasteiger partial charge < -0.3 is 47.4 Å². The quantitative estimate of drug-likeness (QED) is 0.0644. The van der Waals surface area contributed by atoms with Crippen LogP contribution in [0.1, 0.15) is 85.0 Å². The standard InChI is InChI=1S/C34H68O11/c1-5-34(2,3)33(35)45-32-14-31-44-30-13-29-43-28-12-27-42-26-11-25-41-24-10-23-40-22-9-21-39-20-8-19-38-18-7-17-37-16-6-15-36-4/h5-32H2,1-4H3. The van der Waals surface area contributed by atoms with Crippen molar-refractivity contribution in [1.29, 1.82) is 0 Å². The lowest BCUT2D eigenvalue weighted by Crippen LogP contribution is -2.26. The molecule has 0 aliphatic heterocycles. The van der Waals surface area contributed by atoms with Crippen LogP contribution >= 0.6 is 0 Å². The van der Waals surface area contributed by atoms with Gasteiger partial charge in [-0.2, -0.15) is 0 Å². The zero-order valence-electron chi connectivity index (χ0n) is 29.3. The Morgan fingerprint density at radius 2 is 0.622 bits per heavy atom. The second-order valence-electron chi connectivity index (χ2n) is 11.4. The molecule has 0 N–H and O–H groups in total. The van der Waals surface area contributed by atoms with Crippen molar-refractivity contribution < 1.29 is 52.2 Å². The Kier molecular flexibility index (Phi) is 35.2. The Bertz CT molecular complexity index is 592. The van der Waals surface area contributed by atoms with Crippen LogP contribution in [0.2, 0.25) is 0 Å². The van der Waals surface area contributed by atoms with Gasteiger partial charge in [-0.3, -0.25) is 4.79 Å². The van der Waals surface area contributed by atoms with Crippen LogP contribution in [0.3, 0.4) is 0 Å². The molecule has 0 aliphatic rings. The summed E-state index contributed by atoms with van der Waals surface area (Å²) >= 11 is 0. The van der Waals surface area contributed by atoms with Crippen LogP contribution in [-0.2, 0) is 52.2 Å². The van der Waals surface area contributed by atoms with Gasteiger partial charge in [0.2, 0.25) is 0 Å².